The molecule has 0 spiro atoms. The third kappa shape index (κ3) is 3.38. The van der Waals surface area contributed by atoms with E-state index in [2.05, 4.69) is 17.6 Å². The maximum atomic E-state index is 11.8. The van der Waals surface area contributed by atoms with Crippen molar-refractivity contribution in [3.63, 3.8) is 0 Å². The summed E-state index contributed by atoms with van der Waals surface area (Å²) in [6.07, 6.45) is -0.186. The minimum atomic E-state index is -0.492. The van der Waals surface area contributed by atoms with Crippen LogP contribution in [0.1, 0.15) is 29.8 Å². The van der Waals surface area contributed by atoms with Crippen LogP contribution in [-0.2, 0) is 4.74 Å². The molecule has 112 valence electrons. The first kappa shape index (κ1) is 15.9. The average Bonchev–Trinajstić information content (AvgIpc) is 2.46. The molecule has 2 aromatic rings. The Balaban J connectivity index is 2.34. The van der Waals surface area contributed by atoms with Crippen molar-refractivity contribution in [1.29, 1.82) is 5.26 Å². The summed E-state index contributed by atoms with van der Waals surface area (Å²) in [4.78, 5) is 26.5. The van der Waals surface area contributed by atoms with Gasteiger partial charge in [0.15, 0.2) is 0 Å². The number of carbonyl (C=O) groups excluding carboxylic acids is 1. The molecule has 6 heteroatoms. The molecule has 0 atom stereocenters. The van der Waals surface area contributed by atoms with Crippen molar-refractivity contribution in [2.45, 2.75) is 24.8 Å². The maximum Gasteiger partial charge on any atom is 0.338 e. The van der Waals surface area contributed by atoms with Crippen LogP contribution in [0.5, 0.6) is 0 Å². The third-order valence-corrected chi connectivity index (χ3v) is 3.25. The van der Waals surface area contributed by atoms with Gasteiger partial charge in [-0.25, -0.2) is 4.79 Å². The summed E-state index contributed by atoms with van der Waals surface area (Å²) < 4.78 is 5.11. The van der Waals surface area contributed by atoms with Gasteiger partial charge in [-0.1, -0.05) is 12.1 Å². The number of carbonyl (C=O) groups is 1. The summed E-state index contributed by atoms with van der Waals surface area (Å²) in [7, 11) is 0. The molecule has 0 fully saturated rings. The standard InChI is InChI=1S/C16H14N2O3S/c1-9(2)21-16(20)11-5-3-10(4-6-11)13-7-14(22)12(8-17)15(19)18-13/h3-7,9H,1-2H3,(H2,18,19,22). The van der Waals surface area contributed by atoms with Crippen molar-refractivity contribution in [2.24, 2.45) is 0 Å². The zero-order valence-electron chi connectivity index (χ0n) is 12.1. The smallest absolute Gasteiger partial charge is 0.338 e. The van der Waals surface area contributed by atoms with Crippen molar-refractivity contribution < 1.29 is 9.53 Å². The van der Waals surface area contributed by atoms with Crippen LogP contribution in [-0.4, -0.2) is 17.1 Å². The fourth-order valence-corrected chi connectivity index (χ4v) is 2.16. The van der Waals surface area contributed by atoms with E-state index in [1.54, 1.807) is 50.2 Å². The number of nitrogens with one attached hydrogen (secondary N) is 1. The number of pyridine rings is 1. The van der Waals surface area contributed by atoms with Gasteiger partial charge in [-0.15, -0.1) is 12.6 Å². The molecule has 0 bridgehead atoms. The SMILES string of the molecule is CC(C)OC(=O)c1ccc(-c2cc(S)c(C#N)c(=O)[nH]2)cc1. The fraction of sp³-hybridized carbons (Fsp3) is 0.188. The van der Waals surface area contributed by atoms with Crippen LogP contribution in [0.4, 0.5) is 0 Å². The third-order valence-electron chi connectivity index (χ3n) is 2.90. The summed E-state index contributed by atoms with van der Waals surface area (Å²) in [6, 6.07) is 10.0. The molecule has 1 aromatic heterocycles. The summed E-state index contributed by atoms with van der Waals surface area (Å²) in [5.74, 6) is -0.398. The van der Waals surface area contributed by atoms with Gasteiger partial charge in [-0.3, -0.25) is 4.79 Å². The molecule has 0 aliphatic heterocycles. The van der Waals surface area contributed by atoms with Gasteiger partial charge in [0.05, 0.1) is 11.7 Å². The molecule has 2 rings (SSSR count). The first-order valence-electron chi connectivity index (χ1n) is 6.60. The number of nitriles is 1. The Kier molecular flexibility index (Phi) is 4.68. The summed E-state index contributed by atoms with van der Waals surface area (Å²) >= 11 is 4.14. The maximum absolute atomic E-state index is 11.8. The van der Waals surface area contributed by atoms with Gasteiger partial charge in [-0.2, -0.15) is 5.26 Å². The number of esters is 1. The van der Waals surface area contributed by atoms with Gasteiger partial charge in [0.2, 0.25) is 0 Å². The van der Waals surface area contributed by atoms with E-state index in [1.165, 1.54) is 0 Å². The molecule has 0 saturated carbocycles. The molecule has 22 heavy (non-hydrogen) atoms. The van der Waals surface area contributed by atoms with Crippen LogP contribution in [0, 0.1) is 11.3 Å². The molecule has 1 aromatic carbocycles. The average molecular weight is 314 g/mol. The molecule has 0 unspecified atom stereocenters. The van der Waals surface area contributed by atoms with E-state index in [-0.39, 0.29) is 11.7 Å². The van der Waals surface area contributed by atoms with Gasteiger partial charge >= 0.3 is 5.97 Å². The van der Waals surface area contributed by atoms with Crippen LogP contribution >= 0.6 is 12.6 Å². The minimum absolute atomic E-state index is 0.0239. The zero-order chi connectivity index (χ0) is 16.3. The summed E-state index contributed by atoms with van der Waals surface area (Å²) in [5, 5.41) is 8.86. The fourth-order valence-electron chi connectivity index (χ4n) is 1.88. The number of nitrogens with zero attached hydrogens (tertiary/aromatic N) is 1. The number of aromatic nitrogens is 1. The Morgan fingerprint density at radius 3 is 2.45 bits per heavy atom. The highest BCUT2D eigenvalue weighted by Crippen LogP contribution is 2.20. The molecule has 0 saturated heterocycles. The second kappa shape index (κ2) is 6.50. The van der Waals surface area contributed by atoms with Gasteiger partial charge < -0.3 is 9.72 Å². The molecule has 1 N–H and O–H groups in total. The first-order chi connectivity index (χ1) is 10.4. The van der Waals surface area contributed by atoms with Gasteiger partial charge in [-0.05, 0) is 37.6 Å². The zero-order valence-corrected chi connectivity index (χ0v) is 13.0. The van der Waals surface area contributed by atoms with E-state index < -0.39 is 11.5 Å². The van der Waals surface area contributed by atoms with Crippen LogP contribution < -0.4 is 5.56 Å². The topological polar surface area (TPSA) is 82.9 Å². The lowest BCUT2D eigenvalue weighted by Crippen LogP contribution is -2.12. The molecule has 0 aliphatic carbocycles. The van der Waals surface area contributed by atoms with Crippen molar-refractivity contribution in [2.75, 3.05) is 0 Å². The number of hydrogen-bond acceptors (Lipinski definition) is 5. The van der Waals surface area contributed by atoms with Gasteiger partial charge in [0.1, 0.15) is 11.6 Å². The molecule has 0 aliphatic rings. The Morgan fingerprint density at radius 1 is 1.32 bits per heavy atom. The van der Waals surface area contributed by atoms with Crippen molar-refractivity contribution >= 4 is 18.6 Å². The van der Waals surface area contributed by atoms with Crippen molar-refractivity contribution in [3.05, 3.63) is 51.8 Å². The molecule has 0 radical (unpaired) electrons. The first-order valence-corrected chi connectivity index (χ1v) is 7.05. The highest BCUT2D eigenvalue weighted by atomic mass is 32.1. The van der Waals surface area contributed by atoms with Gasteiger partial charge in [0, 0.05) is 10.6 Å². The molecule has 5 nitrogen and oxygen atoms in total. The monoisotopic (exact) mass is 314 g/mol. The number of benzene rings is 1. The van der Waals surface area contributed by atoms with E-state index in [4.69, 9.17) is 10.00 Å². The lowest BCUT2D eigenvalue weighted by Gasteiger charge is -2.08. The largest absolute Gasteiger partial charge is 0.459 e. The summed E-state index contributed by atoms with van der Waals surface area (Å²) in [5.41, 5.74) is 1.15. The van der Waals surface area contributed by atoms with E-state index in [0.717, 1.165) is 0 Å². The lowest BCUT2D eigenvalue weighted by molar-refractivity contribution is 0.0378. The number of rotatable bonds is 3. The number of H-pyrrole nitrogens is 1. The highest BCUT2D eigenvalue weighted by Gasteiger charge is 2.11. The van der Waals surface area contributed by atoms with E-state index in [1.807, 2.05) is 0 Å². The minimum Gasteiger partial charge on any atom is -0.459 e. The number of hydrogen-bond donors (Lipinski definition) is 2. The van der Waals surface area contributed by atoms with Gasteiger partial charge in [0.25, 0.3) is 5.56 Å². The Bertz CT molecular complexity index is 802. The van der Waals surface area contributed by atoms with E-state index >= 15 is 0 Å². The predicted octanol–water partition coefficient (Wildman–Crippen LogP) is 2.77. The van der Waals surface area contributed by atoms with E-state index in [0.29, 0.717) is 21.7 Å². The quantitative estimate of drug-likeness (QED) is 0.674. The molecular weight excluding hydrogens is 300 g/mol. The second-order valence-corrected chi connectivity index (χ2v) is 5.40. The molecular formula is C16H14N2O3S. The van der Waals surface area contributed by atoms with Crippen molar-refractivity contribution in [1.82, 2.24) is 4.98 Å². The Morgan fingerprint density at radius 2 is 1.95 bits per heavy atom. The number of ether oxygens (including phenoxy) is 1. The van der Waals surface area contributed by atoms with Crippen LogP contribution in [0.3, 0.4) is 0 Å². The summed E-state index contributed by atoms with van der Waals surface area (Å²) in [6.45, 7) is 3.56. The van der Waals surface area contributed by atoms with Crippen molar-refractivity contribution in [3.8, 4) is 17.3 Å². The number of aromatic amines is 1. The van der Waals surface area contributed by atoms with Crippen LogP contribution in [0.25, 0.3) is 11.3 Å². The molecule has 0 amide bonds. The number of thiol groups is 1. The Hall–Kier alpha value is -2.52. The Labute approximate surface area is 133 Å². The second-order valence-electron chi connectivity index (χ2n) is 4.92. The molecule has 1 heterocycles. The predicted molar refractivity (Wildman–Crippen MR) is 85.0 cm³/mol. The lowest BCUT2D eigenvalue weighted by atomic mass is 10.1. The van der Waals surface area contributed by atoms with E-state index in [9.17, 15) is 9.59 Å². The van der Waals surface area contributed by atoms with Crippen LogP contribution in [0.2, 0.25) is 0 Å². The van der Waals surface area contributed by atoms with Crippen LogP contribution in [0.15, 0.2) is 40.0 Å². The highest BCUT2D eigenvalue weighted by molar-refractivity contribution is 7.80. The normalized spacial score (nSPS) is 10.3.